The molecule has 0 amide bonds. The zero-order chi connectivity index (χ0) is 14.8. The van der Waals surface area contributed by atoms with Crippen LogP contribution in [0.15, 0.2) is 22.1 Å². The molecule has 2 rings (SSSR count). The van der Waals surface area contributed by atoms with E-state index >= 15 is 0 Å². The summed E-state index contributed by atoms with van der Waals surface area (Å²) >= 11 is 6.42. The SMILES string of the molecule is COC(=O)c1ncsc1S(=O)(=O)Nc1cc(Cl)ncn1. The molecule has 0 aliphatic heterocycles. The fourth-order valence-corrected chi connectivity index (χ4v) is 3.51. The third-order valence-corrected chi connectivity index (χ3v) is 4.96. The Morgan fingerprint density at radius 1 is 1.40 bits per heavy atom. The summed E-state index contributed by atoms with van der Waals surface area (Å²) in [5, 5.41) is 0.0789. The summed E-state index contributed by atoms with van der Waals surface area (Å²) in [5.74, 6) is -0.860. The van der Waals surface area contributed by atoms with E-state index < -0.39 is 16.0 Å². The topological polar surface area (TPSA) is 111 Å². The second-order valence-electron chi connectivity index (χ2n) is 3.31. The van der Waals surface area contributed by atoms with E-state index in [2.05, 4.69) is 24.4 Å². The van der Waals surface area contributed by atoms with Crippen LogP contribution in [0.4, 0.5) is 5.82 Å². The van der Waals surface area contributed by atoms with Crippen LogP contribution in [0, 0.1) is 0 Å². The van der Waals surface area contributed by atoms with Crippen molar-refractivity contribution < 1.29 is 17.9 Å². The Balaban J connectivity index is 2.36. The Morgan fingerprint density at radius 3 is 2.80 bits per heavy atom. The molecule has 0 aromatic carbocycles. The van der Waals surface area contributed by atoms with Crippen LogP contribution in [0.1, 0.15) is 10.5 Å². The van der Waals surface area contributed by atoms with Gasteiger partial charge in [-0.05, 0) is 0 Å². The van der Waals surface area contributed by atoms with Crippen LogP contribution >= 0.6 is 22.9 Å². The van der Waals surface area contributed by atoms with Gasteiger partial charge in [-0.15, -0.1) is 11.3 Å². The highest BCUT2D eigenvalue weighted by atomic mass is 35.5. The van der Waals surface area contributed by atoms with Gasteiger partial charge in [-0.25, -0.2) is 28.2 Å². The summed E-state index contributed by atoms with van der Waals surface area (Å²) in [4.78, 5) is 22.4. The van der Waals surface area contributed by atoms with E-state index in [-0.39, 0.29) is 20.9 Å². The number of thiazole rings is 1. The number of halogens is 1. The van der Waals surface area contributed by atoms with Gasteiger partial charge in [0.15, 0.2) is 9.90 Å². The predicted molar refractivity (Wildman–Crippen MR) is 71.3 cm³/mol. The van der Waals surface area contributed by atoms with E-state index in [0.717, 1.165) is 24.8 Å². The quantitative estimate of drug-likeness (QED) is 0.660. The van der Waals surface area contributed by atoms with Crippen molar-refractivity contribution in [2.75, 3.05) is 11.8 Å². The summed E-state index contributed by atoms with van der Waals surface area (Å²) < 4.78 is 30.7. The van der Waals surface area contributed by atoms with Crippen molar-refractivity contribution in [3.8, 4) is 0 Å². The van der Waals surface area contributed by atoms with Gasteiger partial charge in [0.05, 0.1) is 12.6 Å². The number of methoxy groups -OCH3 is 1. The average molecular weight is 335 g/mol. The molecule has 0 saturated heterocycles. The first-order valence-corrected chi connectivity index (χ1v) is 7.70. The zero-order valence-electron chi connectivity index (χ0n) is 9.90. The number of aromatic nitrogens is 3. The van der Waals surface area contributed by atoms with Gasteiger partial charge in [-0.2, -0.15) is 0 Å². The van der Waals surface area contributed by atoms with Crippen LogP contribution in [0.5, 0.6) is 0 Å². The molecule has 2 heterocycles. The second kappa shape index (κ2) is 5.69. The minimum absolute atomic E-state index is 0.0192. The largest absolute Gasteiger partial charge is 0.464 e. The van der Waals surface area contributed by atoms with Gasteiger partial charge in [-0.1, -0.05) is 11.6 Å². The van der Waals surface area contributed by atoms with Crippen molar-refractivity contribution in [1.82, 2.24) is 15.0 Å². The smallest absolute Gasteiger partial charge is 0.358 e. The first-order valence-electron chi connectivity index (χ1n) is 4.96. The van der Waals surface area contributed by atoms with Gasteiger partial charge in [-0.3, -0.25) is 4.72 Å². The first kappa shape index (κ1) is 14.6. The molecular weight excluding hydrogens is 328 g/mol. The van der Waals surface area contributed by atoms with Crippen molar-refractivity contribution in [3.05, 3.63) is 28.8 Å². The van der Waals surface area contributed by atoms with Gasteiger partial charge in [0.2, 0.25) is 0 Å². The third-order valence-electron chi connectivity index (χ3n) is 2.03. The maximum atomic E-state index is 12.2. The Kier molecular flexibility index (Phi) is 4.16. The lowest BCUT2D eigenvalue weighted by Crippen LogP contribution is -2.16. The standard InChI is InChI=1S/C9H7ClN4O4S2/c1-18-8(15)7-9(19-4-13-7)20(16,17)14-6-2-5(10)11-3-12-6/h2-4H,1H3,(H,11,12,14). The Hall–Kier alpha value is -1.78. The normalized spacial score (nSPS) is 11.1. The molecule has 0 aliphatic rings. The third kappa shape index (κ3) is 3.03. The summed E-state index contributed by atoms with van der Waals surface area (Å²) in [5.41, 5.74) is 0.943. The van der Waals surface area contributed by atoms with Crippen LogP contribution in [0.3, 0.4) is 0 Å². The molecule has 0 bridgehead atoms. The monoisotopic (exact) mass is 334 g/mol. The van der Waals surface area contributed by atoms with E-state index in [0.29, 0.717) is 0 Å². The molecule has 0 atom stereocenters. The number of anilines is 1. The van der Waals surface area contributed by atoms with E-state index in [1.165, 1.54) is 11.6 Å². The molecule has 1 N–H and O–H groups in total. The van der Waals surface area contributed by atoms with Crippen LogP contribution in [-0.2, 0) is 14.8 Å². The maximum absolute atomic E-state index is 12.2. The molecular formula is C9H7ClN4O4S2. The number of ether oxygens (including phenoxy) is 1. The van der Waals surface area contributed by atoms with E-state index in [4.69, 9.17) is 11.6 Å². The van der Waals surface area contributed by atoms with Gasteiger partial charge >= 0.3 is 5.97 Å². The van der Waals surface area contributed by atoms with Crippen molar-refractivity contribution in [2.45, 2.75) is 4.21 Å². The fraction of sp³-hybridized carbons (Fsp3) is 0.111. The number of esters is 1. The highest BCUT2D eigenvalue weighted by molar-refractivity contribution is 7.94. The molecule has 20 heavy (non-hydrogen) atoms. The number of nitrogens with one attached hydrogen (secondary N) is 1. The van der Waals surface area contributed by atoms with Crippen LogP contribution < -0.4 is 4.72 Å². The molecule has 2 aromatic heterocycles. The van der Waals surface area contributed by atoms with Crippen LogP contribution in [0.2, 0.25) is 5.15 Å². The highest BCUT2D eigenvalue weighted by Gasteiger charge is 2.27. The van der Waals surface area contributed by atoms with Crippen LogP contribution in [0.25, 0.3) is 0 Å². The lowest BCUT2D eigenvalue weighted by atomic mass is 10.5. The molecule has 0 spiro atoms. The molecule has 2 aromatic rings. The molecule has 0 saturated carbocycles. The minimum atomic E-state index is -4.02. The van der Waals surface area contributed by atoms with Crippen molar-refractivity contribution in [1.29, 1.82) is 0 Å². The van der Waals surface area contributed by atoms with E-state index in [1.54, 1.807) is 0 Å². The minimum Gasteiger partial charge on any atom is -0.464 e. The number of hydrogen-bond acceptors (Lipinski definition) is 8. The molecule has 0 radical (unpaired) electrons. The maximum Gasteiger partial charge on any atom is 0.358 e. The summed E-state index contributed by atoms with van der Waals surface area (Å²) in [6, 6.07) is 1.23. The number of carbonyl (C=O) groups is 1. The molecule has 11 heteroatoms. The highest BCUT2D eigenvalue weighted by Crippen LogP contribution is 2.23. The number of sulfonamides is 1. The number of nitrogens with zero attached hydrogens (tertiary/aromatic N) is 3. The van der Waals surface area contributed by atoms with Gasteiger partial charge < -0.3 is 4.74 Å². The van der Waals surface area contributed by atoms with Crippen molar-refractivity contribution >= 4 is 44.7 Å². The zero-order valence-corrected chi connectivity index (χ0v) is 12.3. The fourth-order valence-electron chi connectivity index (χ4n) is 1.23. The molecule has 0 unspecified atom stereocenters. The molecule has 8 nitrogen and oxygen atoms in total. The summed E-state index contributed by atoms with van der Waals surface area (Å²) in [6.07, 6.45) is 1.11. The van der Waals surface area contributed by atoms with Crippen LogP contribution in [-0.4, -0.2) is 36.4 Å². The van der Waals surface area contributed by atoms with Crippen molar-refractivity contribution in [3.63, 3.8) is 0 Å². The lowest BCUT2D eigenvalue weighted by Gasteiger charge is -2.06. The number of carbonyl (C=O) groups excluding carboxylic acids is 1. The van der Waals surface area contributed by atoms with Gasteiger partial charge in [0.1, 0.15) is 17.3 Å². The lowest BCUT2D eigenvalue weighted by molar-refractivity contribution is 0.0590. The Morgan fingerprint density at radius 2 is 2.15 bits per heavy atom. The van der Waals surface area contributed by atoms with Crippen molar-refractivity contribution in [2.24, 2.45) is 0 Å². The first-order chi connectivity index (χ1) is 9.44. The molecule has 0 fully saturated rings. The van der Waals surface area contributed by atoms with Gasteiger partial charge in [0.25, 0.3) is 10.0 Å². The molecule has 0 aliphatic carbocycles. The Labute approximate surface area is 122 Å². The predicted octanol–water partition coefficient (Wildman–Crippen LogP) is 1.17. The van der Waals surface area contributed by atoms with E-state index in [9.17, 15) is 13.2 Å². The average Bonchev–Trinajstić information content (AvgIpc) is 2.87. The Bertz CT molecular complexity index is 746. The van der Waals surface area contributed by atoms with Gasteiger partial charge in [0, 0.05) is 6.07 Å². The number of rotatable bonds is 4. The van der Waals surface area contributed by atoms with E-state index in [1.807, 2.05) is 0 Å². The second-order valence-corrected chi connectivity index (χ2v) is 6.43. The summed E-state index contributed by atoms with van der Waals surface area (Å²) in [7, 11) is -2.88. The summed E-state index contributed by atoms with van der Waals surface area (Å²) in [6.45, 7) is 0. The number of hydrogen-bond donors (Lipinski definition) is 1. The molecule has 106 valence electrons.